The van der Waals surface area contributed by atoms with Gasteiger partial charge in [0.25, 0.3) is 0 Å². The summed E-state index contributed by atoms with van der Waals surface area (Å²) < 4.78 is 0. The van der Waals surface area contributed by atoms with Crippen LogP contribution in [0.1, 0.15) is 0 Å². The van der Waals surface area contributed by atoms with Crippen LogP contribution in [0.2, 0.25) is 0 Å². The van der Waals surface area contributed by atoms with Crippen LogP contribution in [0, 0.1) is 15.5 Å². The predicted octanol–water partition coefficient (Wildman–Crippen LogP) is 1.07. The number of hydrogen-bond acceptors (Lipinski definition) is 7. The smallest absolute Gasteiger partial charge is 0.278 e. The van der Waals surface area contributed by atoms with Gasteiger partial charge < -0.3 is 0 Å². The first-order valence-electron chi connectivity index (χ1n) is 3.74. The van der Waals surface area contributed by atoms with E-state index in [0.717, 1.165) is 34.2 Å². The lowest BCUT2D eigenvalue weighted by atomic mass is 10.6. The molecule has 1 aromatic heterocycles. The van der Waals surface area contributed by atoms with Gasteiger partial charge >= 0.3 is 5.00 Å². The molecule has 1 amide bonds. The molecule has 0 unspecified atom stereocenters. The van der Waals surface area contributed by atoms with Crippen LogP contribution in [0.3, 0.4) is 0 Å². The van der Waals surface area contributed by atoms with Crippen LogP contribution >= 0.6 is 23.1 Å². The second kappa shape index (κ2) is 3.59. The first-order valence-corrected chi connectivity index (χ1v) is 5.54. The highest BCUT2D eigenvalue weighted by atomic mass is 32.2. The summed E-state index contributed by atoms with van der Waals surface area (Å²) in [6, 6.07) is 0. The quantitative estimate of drug-likeness (QED) is 0.619. The molecular weight excluding hydrogens is 240 g/mol. The summed E-state index contributed by atoms with van der Waals surface area (Å²) in [6.45, 7) is 0. The Morgan fingerprint density at radius 1 is 1.67 bits per heavy atom. The van der Waals surface area contributed by atoms with Crippen LogP contribution < -0.4 is 4.90 Å². The van der Waals surface area contributed by atoms with Crippen LogP contribution in [0.15, 0.2) is 6.20 Å². The number of thiazole rings is 1. The molecule has 1 saturated heterocycles. The van der Waals surface area contributed by atoms with Crippen molar-refractivity contribution in [1.29, 1.82) is 5.41 Å². The number of thioether (sulfide) groups is 1. The zero-order chi connectivity index (χ0) is 11.0. The number of nitrogens with zero attached hydrogens (tertiary/aromatic N) is 3. The second-order valence-corrected chi connectivity index (χ2v) is 4.51. The van der Waals surface area contributed by atoms with Gasteiger partial charge in [0.05, 0.1) is 10.7 Å². The molecule has 9 heteroatoms. The standard InChI is InChI=1S/C6H4N4O3S2/c7-5-9(3(11)2-14-5)6-8-1-4(15-6)10(12)13/h1,7H,2H2. The molecule has 0 radical (unpaired) electrons. The molecule has 2 rings (SSSR count). The van der Waals surface area contributed by atoms with Gasteiger partial charge in [-0.3, -0.25) is 20.3 Å². The summed E-state index contributed by atoms with van der Waals surface area (Å²) >= 11 is 1.87. The SMILES string of the molecule is N=C1SCC(=O)N1c1ncc([N+](=O)[O-])s1. The molecule has 1 fully saturated rings. The van der Waals surface area contributed by atoms with Gasteiger partial charge in [-0.15, -0.1) is 0 Å². The maximum atomic E-state index is 11.3. The third kappa shape index (κ3) is 1.70. The number of amidine groups is 1. The van der Waals surface area contributed by atoms with E-state index in [1.165, 1.54) is 0 Å². The summed E-state index contributed by atoms with van der Waals surface area (Å²) in [7, 11) is 0. The van der Waals surface area contributed by atoms with Crippen LogP contribution in [0.25, 0.3) is 0 Å². The summed E-state index contributed by atoms with van der Waals surface area (Å²) in [6.07, 6.45) is 1.09. The first-order chi connectivity index (χ1) is 7.09. The normalized spacial score (nSPS) is 16.1. The van der Waals surface area contributed by atoms with Gasteiger partial charge in [-0.05, 0) is 11.3 Å². The molecule has 7 nitrogen and oxygen atoms in total. The first kappa shape index (κ1) is 10.1. The van der Waals surface area contributed by atoms with Gasteiger partial charge in [-0.25, -0.2) is 9.88 Å². The number of rotatable bonds is 2. The van der Waals surface area contributed by atoms with Gasteiger partial charge in [-0.2, -0.15) is 0 Å². The van der Waals surface area contributed by atoms with Crippen LogP contribution in [-0.2, 0) is 4.79 Å². The van der Waals surface area contributed by atoms with E-state index in [1.807, 2.05) is 0 Å². The maximum Gasteiger partial charge on any atom is 0.345 e. The molecule has 0 bridgehead atoms. The summed E-state index contributed by atoms with van der Waals surface area (Å²) in [4.78, 5) is 26.0. The van der Waals surface area contributed by atoms with Crippen molar-refractivity contribution in [3.8, 4) is 0 Å². The number of anilines is 1. The molecule has 0 saturated carbocycles. The van der Waals surface area contributed by atoms with Crippen LogP contribution in [-0.4, -0.2) is 26.7 Å². The van der Waals surface area contributed by atoms with Crippen molar-refractivity contribution >= 4 is 44.3 Å². The van der Waals surface area contributed by atoms with E-state index in [1.54, 1.807) is 0 Å². The van der Waals surface area contributed by atoms with Gasteiger partial charge in [0.2, 0.25) is 11.0 Å². The van der Waals surface area contributed by atoms with Gasteiger partial charge in [0, 0.05) is 0 Å². The number of carbonyl (C=O) groups is 1. The average molecular weight is 244 g/mol. The van der Waals surface area contributed by atoms with Crippen molar-refractivity contribution in [3.63, 3.8) is 0 Å². The predicted molar refractivity (Wildman–Crippen MR) is 56.4 cm³/mol. The largest absolute Gasteiger partial charge is 0.345 e. The number of hydrogen-bond donors (Lipinski definition) is 1. The minimum absolute atomic E-state index is 0.0595. The number of carbonyl (C=O) groups excluding carboxylic acids is 1. The Balaban J connectivity index is 2.33. The van der Waals surface area contributed by atoms with Gasteiger partial charge in [0.15, 0.2) is 5.17 Å². The molecule has 0 aromatic carbocycles. The summed E-state index contributed by atoms with van der Waals surface area (Å²) in [5, 5.41) is 18.0. The minimum atomic E-state index is -0.571. The van der Waals surface area contributed by atoms with Crippen molar-refractivity contribution in [1.82, 2.24) is 4.98 Å². The third-order valence-corrected chi connectivity index (χ3v) is 3.42. The second-order valence-electron chi connectivity index (χ2n) is 2.56. The Bertz CT molecular complexity index is 441. The van der Waals surface area contributed by atoms with E-state index >= 15 is 0 Å². The molecule has 0 aliphatic carbocycles. The van der Waals surface area contributed by atoms with Crippen molar-refractivity contribution in [2.24, 2.45) is 0 Å². The molecule has 0 atom stereocenters. The van der Waals surface area contributed by atoms with Crippen molar-refractivity contribution in [2.45, 2.75) is 0 Å². The maximum absolute atomic E-state index is 11.3. The van der Waals surface area contributed by atoms with Crippen LogP contribution in [0.4, 0.5) is 10.1 Å². The number of nitrogens with one attached hydrogen (secondary N) is 1. The molecule has 1 N–H and O–H groups in total. The Hall–Kier alpha value is -1.48. The molecule has 1 aliphatic heterocycles. The Morgan fingerprint density at radius 3 is 2.87 bits per heavy atom. The van der Waals surface area contributed by atoms with Crippen molar-refractivity contribution in [3.05, 3.63) is 16.3 Å². The topological polar surface area (TPSA) is 100 Å². The highest BCUT2D eigenvalue weighted by molar-refractivity contribution is 8.15. The van der Waals surface area contributed by atoms with E-state index in [9.17, 15) is 14.9 Å². The molecular formula is C6H4N4O3S2. The van der Waals surface area contributed by atoms with Gasteiger partial charge in [-0.1, -0.05) is 11.8 Å². The molecule has 0 spiro atoms. The highest BCUT2D eigenvalue weighted by Gasteiger charge is 2.31. The van der Waals surface area contributed by atoms with E-state index in [2.05, 4.69) is 4.98 Å². The molecule has 15 heavy (non-hydrogen) atoms. The fourth-order valence-corrected chi connectivity index (χ4v) is 2.53. The van der Waals surface area contributed by atoms with E-state index < -0.39 is 4.92 Å². The van der Waals surface area contributed by atoms with Crippen molar-refractivity contribution in [2.75, 3.05) is 10.7 Å². The average Bonchev–Trinajstić information content (AvgIpc) is 2.73. The Morgan fingerprint density at radius 2 is 2.40 bits per heavy atom. The van der Waals surface area contributed by atoms with Crippen molar-refractivity contribution < 1.29 is 9.72 Å². The van der Waals surface area contributed by atoms with E-state index in [0.29, 0.717) is 0 Å². The van der Waals surface area contributed by atoms with Gasteiger partial charge in [0.1, 0.15) is 6.20 Å². The summed E-state index contributed by atoms with van der Waals surface area (Å²) in [5.74, 6) is -0.0825. The number of aromatic nitrogens is 1. The molecule has 78 valence electrons. The lowest BCUT2D eigenvalue weighted by molar-refractivity contribution is -0.380. The lowest BCUT2D eigenvalue weighted by Crippen LogP contribution is -2.28. The zero-order valence-corrected chi connectivity index (χ0v) is 8.80. The van der Waals surface area contributed by atoms with Crippen LogP contribution in [0.5, 0.6) is 0 Å². The summed E-state index contributed by atoms with van der Waals surface area (Å²) in [5.41, 5.74) is 0. The number of nitro groups is 1. The van der Waals surface area contributed by atoms with E-state index in [4.69, 9.17) is 5.41 Å². The lowest BCUT2D eigenvalue weighted by Gasteiger charge is -2.08. The number of amides is 1. The fraction of sp³-hybridized carbons (Fsp3) is 0.167. The monoisotopic (exact) mass is 244 g/mol. The zero-order valence-electron chi connectivity index (χ0n) is 7.17. The molecule has 1 aromatic rings. The Labute approximate surface area is 91.8 Å². The fourth-order valence-electron chi connectivity index (χ4n) is 1.01. The third-order valence-electron chi connectivity index (χ3n) is 1.64. The Kier molecular flexibility index (Phi) is 2.40. The minimum Gasteiger partial charge on any atom is -0.278 e. The highest BCUT2D eigenvalue weighted by Crippen LogP contribution is 2.32. The molecule has 1 aliphatic rings. The molecule has 2 heterocycles. The van der Waals surface area contributed by atoms with E-state index in [-0.39, 0.29) is 27.0 Å².